The molecule has 1 heterocycles. The van der Waals surface area contributed by atoms with Gasteiger partial charge in [-0.15, -0.1) is 10.2 Å². The van der Waals surface area contributed by atoms with Gasteiger partial charge in [0, 0.05) is 0 Å². The van der Waals surface area contributed by atoms with Crippen LogP contribution in [0.15, 0.2) is 82.4 Å². The van der Waals surface area contributed by atoms with Gasteiger partial charge in [-0.1, -0.05) is 48.2 Å². The van der Waals surface area contributed by atoms with Crippen LogP contribution in [0.4, 0.5) is 8.78 Å². The summed E-state index contributed by atoms with van der Waals surface area (Å²) in [5.41, 5.74) is 2.38. The lowest BCUT2D eigenvalue weighted by Crippen LogP contribution is -1.97. The number of benzene rings is 3. The van der Waals surface area contributed by atoms with Crippen LogP contribution in [0.2, 0.25) is 0 Å². The molecule has 0 radical (unpaired) electrons. The summed E-state index contributed by atoms with van der Waals surface area (Å²) < 4.78 is 38.4. The number of halogens is 2. The second kappa shape index (κ2) is 9.09. The summed E-state index contributed by atoms with van der Waals surface area (Å²) >= 11 is 1.32. The summed E-state index contributed by atoms with van der Waals surface area (Å²) in [4.78, 5) is 0. The van der Waals surface area contributed by atoms with Gasteiger partial charge in [0.1, 0.15) is 17.4 Å². The molecule has 1 aromatic heterocycles. The number of hydrogen-bond acceptors (Lipinski definition) is 5. The first-order valence-electron chi connectivity index (χ1n) is 9.37. The molecule has 0 aliphatic heterocycles. The van der Waals surface area contributed by atoms with Crippen molar-refractivity contribution in [2.45, 2.75) is 17.4 Å². The highest BCUT2D eigenvalue weighted by atomic mass is 32.2. The third-order valence-electron chi connectivity index (χ3n) is 4.39. The van der Waals surface area contributed by atoms with Crippen LogP contribution >= 0.6 is 11.8 Å². The monoisotopic (exact) mass is 424 g/mol. The Bertz CT molecular complexity index is 1070. The van der Waals surface area contributed by atoms with Crippen molar-refractivity contribution in [3.63, 3.8) is 0 Å². The molecule has 0 unspecified atom stereocenters. The predicted molar refractivity (Wildman–Crippen MR) is 111 cm³/mol. The van der Waals surface area contributed by atoms with Gasteiger partial charge in [0.05, 0.1) is 17.4 Å². The molecular formula is C23H18F2N2O2S. The van der Waals surface area contributed by atoms with Gasteiger partial charge in [-0.25, -0.2) is 8.78 Å². The largest absolute Gasteiger partial charge is 0.493 e. The minimum atomic E-state index is -0.325. The minimum absolute atomic E-state index is 0.276. The normalized spacial score (nSPS) is 11.1. The summed E-state index contributed by atoms with van der Waals surface area (Å²) in [5.74, 6) is 0.357. The maximum Gasteiger partial charge on any atom is 0.277 e. The van der Waals surface area contributed by atoms with Crippen LogP contribution in [-0.4, -0.2) is 16.8 Å². The van der Waals surface area contributed by atoms with Crippen LogP contribution in [0.5, 0.6) is 5.75 Å². The number of thioether (sulfide) groups is 1. The third kappa shape index (κ3) is 4.52. The van der Waals surface area contributed by atoms with Crippen LogP contribution in [0.3, 0.4) is 0 Å². The number of hydrogen-bond donors (Lipinski definition) is 0. The van der Waals surface area contributed by atoms with Crippen LogP contribution < -0.4 is 4.74 Å². The van der Waals surface area contributed by atoms with E-state index in [2.05, 4.69) is 10.2 Å². The Kier molecular flexibility index (Phi) is 6.09. The molecule has 0 amide bonds. The molecule has 4 rings (SSSR count). The molecule has 0 atom stereocenters. The Morgan fingerprint density at radius 2 is 1.47 bits per heavy atom. The number of ether oxygens (including phenoxy) is 1. The van der Waals surface area contributed by atoms with Gasteiger partial charge in [0.15, 0.2) is 0 Å². The Morgan fingerprint density at radius 3 is 2.07 bits per heavy atom. The molecule has 3 aromatic carbocycles. The molecule has 0 bridgehead atoms. The average Bonchev–Trinajstić information content (AvgIpc) is 3.23. The van der Waals surface area contributed by atoms with Gasteiger partial charge >= 0.3 is 0 Å². The number of para-hydroxylation sites is 1. The van der Waals surface area contributed by atoms with Crippen LogP contribution in [0, 0.1) is 11.6 Å². The quantitative estimate of drug-likeness (QED) is 0.326. The second-order valence-electron chi connectivity index (χ2n) is 6.40. The zero-order chi connectivity index (χ0) is 20.9. The molecular weight excluding hydrogens is 406 g/mol. The lowest BCUT2D eigenvalue weighted by atomic mass is 10.0. The van der Waals surface area contributed by atoms with E-state index in [9.17, 15) is 8.78 Å². The van der Waals surface area contributed by atoms with Crippen LogP contribution in [0.25, 0.3) is 11.5 Å². The molecule has 4 aromatic rings. The average molecular weight is 424 g/mol. The van der Waals surface area contributed by atoms with Crippen molar-refractivity contribution in [2.24, 2.45) is 0 Å². The number of rotatable bonds is 7. The molecule has 0 N–H and O–H groups in total. The molecule has 7 heteroatoms. The highest BCUT2D eigenvalue weighted by molar-refractivity contribution is 7.99. The lowest BCUT2D eigenvalue weighted by Gasteiger charge is -2.15. The SMILES string of the molecule is CCOc1ccccc1-c1nnc(SC(c2ccc(F)cc2)c2ccc(F)cc2)o1. The van der Waals surface area contributed by atoms with E-state index in [0.717, 1.165) is 11.1 Å². The van der Waals surface area contributed by atoms with Gasteiger partial charge in [0.2, 0.25) is 0 Å². The van der Waals surface area contributed by atoms with Crippen molar-refractivity contribution in [3.8, 4) is 17.2 Å². The Balaban J connectivity index is 1.66. The molecule has 0 fully saturated rings. The molecule has 4 nitrogen and oxygen atoms in total. The van der Waals surface area contributed by atoms with Crippen molar-refractivity contribution in [3.05, 3.63) is 95.6 Å². The van der Waals surface area contributed by atoms with E-state index in [4.69, 9.17) is 9.15 Å². The summed E-state index contributed by atoms with van der Waals surface area (Å²) in [5, 5.41) is 8.39. The molecule has 0 aliphatic rings. The fourth-order valence-corrected chi connectivity index (χ4v) is 4.00. The van der Waals surface area contributed by atoms with Crippen molar-refractivity contribution in [2.75, 3.05) is 6.61 Å². The summed E-state index contributed by atoms with van der Waals surface area (Å²) in [7, 11) is 0. The predicted octanol–water partition coefficient (Wildman–Crippen LogP) is 6.30. The number of nitrogens with zero attached hydrogens (tertiary/aromatic N) is 2. The van der Waals surface area contributed by atoms with Gasteiger partial charge in [-0.3, -0.25) is 0 Å². The standard InChI is InChI=1S/C23H18F2N2O2S/c1-2-28-20-6-4-3-5-19(20)22-26-27-23(29-22)30-21(15-7-11-17(24)12-8-15)16-9-13-18(25)14-10-16/h3-14,21H,2H2,1H3. The van der Waals surface area contributed by atoms with Gasteiger partial charge in [0.25, 0.3) is 11.1 Å². The minimum Gasteiger partial charge on any atom is -0.493 e. The fourth-order valence-electron chi connectivity index (χ4n) is 3.00. The third-order valence-corrected chi connectivity index (χ3v) is 5.53. The van der Waals surface area contributed by atoms with E-state index < -0.39 is 0 Å². The maximum atomic E-state index is 13.4. The van der Waals surface area contributed by atoms with Crippen molar-refractivity contribution in [1.29, 1.82) is 0 Å². The van der Waals surface area contributed by atoms with E-state index in [-0.39, 0.29) is 16.9 Å². The van der Waals surface area contributed by atoms with Crippen LogP contribution in [0.1, 0.15) is 23.3 Å². The first-order chi connectivity index (χ1) is 14.6. The molecule has 30 heavy (non-hydrogen) atoms. The molecule has 0 saturated carbocycles. The zero-order valence-corrected chi connectivity index (χ0v) is 16.9. The molecule has 0 aliphatic carbocycles. The van der Waals surface area contributed by atoms with Crippen molar-refractivity contribution < 1.29 is 17.9 Å². The Labute approximate surface area is 176 Å². The smallest absolute Gasteiger partial charge is 0.277 e. The second-order valence-corrected chi connectivity index (χ2v) is 7.46. The Hall–Kier alpha value is -3.19. The first-order valence-corrected chi connectivity index (χ1v) is 10.3. The number of aromatic nitrogens is 2. The van der Waals surface area contributed by atoms with Gasteiger partial charge in [-0.05, 0) is 54.4 Å². The maximum absolute atomic E-state index is 13.4. The molecule has 152 valence electrons. The highest BCUT2D eigenvalue weighted by Gasteiger charge is 2.21. The van der Waals surface area contributed by atoms with Gasteiger partial charge in [-0.2, -0.15) is 0 Å². The fraction of sp³-hybridized carbons (Fsp3) is 0.130. The van der Waals surface area contributed by atoms with Crippen molar-refractivity contribution in [1.82, 2.24) is 10.2 Å². The van der Waals surface area contributed by atoms with Crippen molar-refractivity contribution >= 4 is 11.8 Å². The van der Waals surface area contributed by atoms with E-state index in [1.807, 2.05) is 31.2 Å². The topological polar surface area (TPSA) is 48.2 Å². The van der Waals surface area contributed by atoms with E-state index in [0.29, 0.717) is 29.0 Å². The summed E-state index contributed by atoms with van der Waals surface area (Å²) in [6, 6.07) is 19.8. The van der Waals surface area contributed by atoms with E-state index in [1.165, 1.54) is 36.0 Å². The molecule has 0 spiro atoms. The van der Waals surface area contributed by atoms with E-state index in [1.54, 1.807) is 24.3 Å². The zero-order valence-electron chi connectivity index (χ0n) is 16.1. The van der Waals surface area contributed by atoms with E-state index >= 15 is 0 Å². The summed E-state index contributed by atoms with van der Waals surface area (Å²) in [6.45, 7) is 2.42. The lowest BCUT2D eigenvalue weighted by molar-refractivity contribution is 0.340. The first kappa shape index (κ1) is 20.1. The molecule has 0 saturated heterocycles. The van der Waals surface area contributed by atoms with Gasteiger partial charge < -0.3 is 9.15 Å². The van der Waals surface area contributed by atoms with Crippen LogP contribution in [-0.2, 0) is 0 Å². The highest BCUT2D eigenvalue weighted by Crippen LogP contribution is 2.41. The summed E-state index contributed by atoms with van der Waals surface area (Å²) in [6.07, 6.45) is 0. The Morgan fingerprint density at radius 1 is 0.867 bits per heavy atom.